The largest absolute Gasteiger partial charge is 0.562 e. The number of benzene rings is 2. The zero-order valence-corrected chi connectivity index (χ0v) is 13.3. The van der Waals surface area contributed by atoms with Crippen LogP contribution in [0.2, 0.25) is 0 Å². The van der Waals surface area contributed by atoms with Crippen LogP contribution in [0.25, 0.3) is 0 Å². The summed E-state index contributed by atoms with van der Waals surface area (Å²) >= 11 is 0. The van der Waals surface area contributed by atoms with Gasteiger partial charge in [-0.1, -0.05) is 36.4 Å². The summed E-state index contributed by atoms with van der Waals surface area (Å²) in [4.78, 5) is 47.0. The summed E-state index contributed by atoms with van der Waals surface area (Å²) in [5.41, 5.74) is 0.0987. The number of ether oxygens (including phenoxy) is 2. The summed E-state index contributed by atoms with van der Waals surface area (Å²) in [6, 6.07) is 15.0. The van der Waals surface area contributed by atoms with Crippen molar-refractivity contribution in [2.45, 2.75) is 12.2 Å². The molecule has 0 saturated heterocycles. The van der Waals surface area contributed by atoms with Crippen LogP contribution in [0.3, 0.4) is 0 Å². The van der Waals surface area contributed by atoms with Crippen molar-refractivity contribution in [1.29, 1.82) is 0 Å². The highest BCUT2D eigenvalue weighted by Gasteiger charge is 2.45. The first-order valence-electron chi connectivity index (χ1n) is 7.40. The molecule has 0 aliphatic rings. The third kappa shape index (κ3) is 4.67. The molecule has 0 heterocycles. The van der Waals surface area contributed by atoms with E-state index in [0.717, 1.165) is 0 Å². The molecule has 8 heteroatoms. The molecule has 0 aliphatic carbocycles. The van der Waals surface area contributed by atoms with Crippen LogP contribution in [0.4, 0.5) is 0 Å². The molecule has 0 bridgehead atoms. The highest BCUT2D eigenvalue weighted by Crippen LogP contribution is 2.13. The van der Waals surface area contributed by atoms with Crippen LogP contribution in [0.15, 0.2) is 60.7 Å². The van der Waals surface area contributed by atoms with Gasteiger partial charge in [-0.3, -0.25) is 0 Å². The van der Waals surface area contributed by atoms with Gasteiger partial charge >= 0.3 is 30.0 Å². The van der Waals surface area contributed by atoms with Crippen LogP contribution in [-0.2, 0) is 19.1 Å². The van der Waals surface area contributed by atoms with Crippen molar-refractivity contribution in [3.63, 3.8) is 0 Å². The summed E-state index contributed by atoms with van der Waals surface area (Å²) in [6.07, 6.45) is -4.26. The van der Waals surface area contributed by atoms with Crippen molar-refractivity contribution in [3.05, 3.63) is 71.8 Å². The number of hydrogen-bond acceptors (Lipinski definition) is 6. The third-order valence-corrected chi connectivity index (χ3v) is 3.26. The summed E-state index contributed by atoms with van der Waals surface area (Å²) in [5.74, 6) is -5.28. The summed E-state index contributed by atoms with van der Waals surface area (Å²) < 4.78 is 9.63. The Hall–Kier alpha value is -3.68. The van der Waals surface area contributed by atoms with E-state index in [9.17, 15) is 24.3 Å². The maximum absolute atomic E-state index is 12.1. The Bertz CT molecular complexity index is 731. The Morgan fingerprint density at radius 2 is 1.12 bits per heavy atom. The number of carbonyl (C=O) groups excluding carboxylic acids is 3. The van der Waals surface area contributed by atoms with Gasteiger partial charge in [-0.05, 0) is 24.3 Å². The van der Waals surface area contributed by atoms with E-state index < -0.39 is 36.1 Å². The molecule has 3 N–H and O–H groups in total. The maximum atomic E-state index is 12.1. The molecular weight excluding hydrogens is 344 g/mol. The minimum Gasteiger partial charge on any atom is -0.562 e. The van der Waals surface area contributed by atoms with E-state index in [-0.39, 0.29) is 11.1 Å². The van der Waals surface area contributed by atoms with E-state index in [2.05, 4.69) is 0 Å². The first kappa shape index (κ1) is 18.7. The molecule has 0 aliphatic heterocycles. The Morgan fingerprint density at radius 3 is 1.46 bits per heavy atom. The van der Waals surface area contributed by atoms with Gasteiger partial charge in [0.15, 0.2) is 0 Å². The van der Waals surface area contributed by atoms with Crippen LogP contribution in [-0.4, -0.2) is 46.3 Å². The normalized spacial score (nSPS) is 12.5. The van der Waals surface area contributed by atoms with Crippen molar-refractivity contribution in [3.8, 4) is 0 Å². The van der Waals surface area contributed by atoms with Crippen LogP contribution in [0.5, 0.6) is 0 Å². The monoisotopic (exact) mass is 359 g/mol. The molecule has 2 aromatic carbocycles. The SMILES string of the molecule is O=C(O[C@@H](C(=O)O)[C@@H](OC(=O)c1ccccc1)C(=O)[OH2+])c1ccccc1. The number of carboxylic acid groups (broad SMARTS) is 1. The summed E-state index contributed by atoms with van der Waals surface area (Å²) in [7, 11) is 0. The Kier molecular flexibility index (Phi) is 6.05. The number of carboxylic acids is 1. The van der Waals surface area contributed by atoms with Crippen molar-refractivity contribution in [1.82, 2.24) is 0 Å². The van der Waals surface area contributed by atoms with Crippen LogP contribution < -0.4 is 0 Å². The second kappa shape index (κ2) is 8.43. The fourth-order valence-electron chi connectivity index (χ4n) is 2.01. The minimum atomic E-state index is -2.15. The molecule has 0 spiro atoms. The summed E-state index contributed by atoms with van der Waals surface area (Å²) in [6.45, 7) is 0. The standard InChI is InChI=1S/C18H14O8/c19-15(20)13(25-17(23)11-7-3-1-4-8-11)14(16(21)22)26-18(24)12-9-5-2-6-10-12/h1-10,13-14H,(H,19,20)(H,21,22)/p+1/t13-,14-/m1/s1. The highest BCUT2D eigenvalue weighted by molar-refractivity contribution is 5.95. The lowest BCUT2D eigenvalue weighted by molar-refractivity contribution is -0.166. The average molecular weight is 359 g/mol. The molecule has 0 unspecified atom stereocenters. The maximum Gasteiger partial charge on any atom is 0.561 e. The highest BCUT2D eigenvalue weighted by atomic mass is 16.6. The number of hydrogen-bond donors (Lipinski definition) is 1. The average Bonchev–Trinajstić information content (AvgIpc) is 2.65. The van der Waals surface area contributed by atoms with Gasteiger partial charge in [0.25, 0.3) is 6.10 Å². The van der Waals surface area contributed by atoms with E-state index in [1.54, 1.807) is 12.1 Å². The van der Waals surface area contributed by atoms with Crippen LogP contribution >= 0.6 is 0 Å². The molecule has 0 saturated carbocycles. The quantitative estimate of drug-likeness (QED) is 0.571. The van der Waals surface area contributed by atoms with Crippen molar-refractivity contribution >= 4 is 23.9 Å². The third-order valence-electron chi connectivity index (χ3n) is 3.26. The molecule has 134 valence electrons. The molecule has 2 aromatic rings. The fraction of sp³-hybridized carbons (Fsp3) is 0.111. The number of esters is 2. The molecule has 2 atom stereocenters. The van der Waals surface area contributed by atoms with Crippen molar-refractivity contribution in [2.75, 3.05) is 0 Å². The molecular formula is C18H15O8+. The minimum absolute atomic E-state index is 0.0457. The van der Waals surface area contributed by atoms with E-state index in [1.165, 1.54) is 48.5 Å². The predicted octanol–water partition coefficient (Wildman–Crippen LogP) is 0.773. The number of carbonyl (C=O) groups is 4. The number of aliphatic carboxylic acids is 1. The molecule has 0 radical (unpaired) electrons. The van der Waals surface area contributed by atoms with Gasteiger partial charge in [0, 0.05) is 4.79 Å². The Morgan fingerprint density at radius 1 is 0.731 bits per heavy atom. The van der Waals surface area contributed by atoms with Gasteiger partial charge in [0.05, 0.1) is 11.1 Å². The second-order valence-electron chi connectivity index (χ2n) is 5.09. The lowest BCUT2D eigenvalue weighted by atomic mass is 10.1. The van der Waals surface area contributed by atoms with E-state index in [0.29, 0.717) is 0 Å². The first-order chi connectivity index (χ1) is 12.4. The molecule has 0 aromatic heterocycles. The molecule has 0 fully saturated rings. The Balaban J connectivity index is 2.20. The molecule has 8 nitrogen and oxygen atoms in total. The van der Waals surface area contributed by atoms with Crippen molar-refractivity contribution in [2.24, 2.45) is 0 Å². The van der Waals surface area contributed by atoms with Gasteiger partial charge < -0.3 is 19.7 Å². The molecule has 2 rings (SSSR count). The second-order valence-corrected chi connectivity index (χ2v) is 5.09. The van der Waals surface area contributed by atoms with Crippen LogP contribution in [0.1, 0.15) is 20.7 Å². The van der Waals surface area contributed by atoms with Crippen LogP contribution in [0, 0.1) is 0 Å². The zero-order valence-electron chi connectivity index (χ0n) is 13.3. The fourth-order valence-corrected chi connectivity index (χ4v) is 2.01. The lowest BCUT2D eigenvalue weighted by Gasteiger charge is -2.18. The smallest absolute Gasteiger partial charge is 0.561 e. The number of rotatable bonds is 7. The van der Waals surface area contributed by atoms with E-state index >= 15 is 0 Å². The van der Waals surface area contributed by atoms with Gasteiger partial charge in [0.2, 0.25) is 0 Å². The van der Waals surface area contributed by atoms with E-state index in [1.807, 2.05) is 0 Å². The van der Waals surface area contributed by atoms with Gasteiger partial charge in [-0.25, -0.2) is 14.4 Å². The molecule has 0 amide bonds. The molecule has 26 heavy (non-hydrogen) atoms. The topological polar surface area (TPSA) is 130 Å². The zero-order chi connectivity index (χ0) is 19.1. The van der Waals surface area contributed by atoms with Gasteiger partial charge in [0.1, 0.15) is 0 Å². The van der Waals surface area contributed by atoms with Crippen molar-refractivity contribution < 1.29 is 38.9 Å². The van der Waals surface area contributed by atoms with Gasteiger partial charge in [-0.2, -0.15) is 0 Å². The lowest BCUT2D eigenvalue weighted by Crippen LogP contribution is -2.45. The Labute approximate surface area is 147 Å². The van der Waals surface area contributed by atoms with E-state index in [4.69, 9.17) is 14.6 Å². The predicted molar refractivity (Wildman–Crippen MR) is 87.5 cm³/mol. The first-order valence-corrected chi connectivity index (χ1v) is 7.40. The summed E-state index contributed by atoms with van der Waals surface area (Å²) in [5, 5.41) is 16.5. The van der Waals surface area contributed by atoms with Gasteiger partial charge in [-0.15, -0.1) is 0 Å².